The highest BCUT2D eigenvalue weighted by atomic mass is 19.3. The number of nitrogens with zero attached hydrogens (tertiary/aromatic N) is 5. The van der Waals surface area contributed by atoms with Crippen molar-refractivity contribution in [3.8, 4) is 35.4 Å². The largest absolute Gasteiger partial charge is 0.508 e. The van der Waals surface area contributed by atoms with E-state index in [9.17, 15) is 9.50 Å². The van der Waals surface area contributed by atoms with Crippen molar-refractivity contribution < 1.29 is 27.8 Å². The van der Waals surface area contributed by atoms with E-state index in [-0.39, 0.29) is 44.9 Å². The Kier molecular flexibility index (Phi) is 8.74. The number of anilines is 1. The quantitative estimate of drug-likeness (QED) is 0.216. The van der Waals surface area contributed by atoms with E-state index in [0.717, 1.165) is 44.6 Å². The van der Waals surface area contributed by atoms with Crippen molar-refractivity contribution in [2.75, 3.05) is 64.0 Å². The van der Waals surface area contributed by atoms with E-state index in [2.05, 4.69) is 32.2 Å². The number of benzene rings is 2. The number of fused-ring (bicyclic) bond motifs is 2. The first kappa shape index (κ1) is 32.0. The maximum Gasteiger partial charge on any atom is 0.318 e. The van der Waals surface area contributed by atoms with Gasteiger partial charge in [-0.2, -0.15) is 9.97 Å². The van der Waals surface area contributed by atoms with Crippen molar-refractivity contribution in [2.45, 2.75) is 32.6 Å². The molecule has 2 aromatic carbocycles. The average Bonchev–Trinajstić information content (AvgIpc) is 3.86. The Morgan fingerprint density at radius 3 is 2.73 bits per heavy atom. The van der Waals surface area contributed by atoms with Gasteiger partial charge in [0.1, 0.15) is 17.4 Å². The van der Waals surface area contributed by atoms with E-state index in [1.165, 1.54) is 30.5 Å². The van der Waals surface area contributed by atoms with Gasteiger partial charge in [0.05, 0.1) is 54.1 Å². The number of piperazine rings is 1. The Morgan fingerprint density at radius 1 is 1.19 bits per heavy atom. The molecule has 2 N–H and O–H groups in total. The zero-order valence-corrected chi connectivity index (χ0v) is 26.7. The van der Waals surface area contributed by atoms with Crippen LogP contribution in [0.1, 0.15) is 43.7 Å². The second kappa shape index (κ2) is 13.1. The first-order valence-electron chi connectivity index (χ1n) is 16.3. The fraction of sp³-hybridized carbons (Fsp3) is 0.417. The normalized spacial score (nSPS) is 18.8. The highest BCUT2D eigenvalue weighted by Gasteiger charge is 2.45. The molecule has 9 nitrogen and oxygen atoms in total. The summed E-state index contributed by atoms with van der Waals surface area (Å²) in [6.07, 6.45) is 9.02. The molecule has 0 radical (unpaired) electrons. The van der Waals surface area contributed by atoms with Crippen LogP contribution in [0.15, 0.2) is 42.2 Å². The Hall–Kier alpha value is -4.60. The average molecular weight is 659 g/mol. The van der Waals surface area contributed by atoms with Gasteiger partial charge in [0.15, 0.2) is 0 Å². The van der Waals surface area contributed by atoms with Gasteiger partial charge in [-0.15, -0.1) is 6.42 Å². The summed E-state index contributed by atoms with van der Waals surface area (Å²) in [4.78, 5) is 18.3. The van der Waals surface area contributed by atoms with Crippen LogP contribution in [0.2, 0.25) is 0 Å². The number of terminal acetylenes is 1. The molecule has 2 saturated heterocycles. The molecule has 250 valence electrons. The zero-order valence-electron chi connectivity index (χ0n) is 26.7. The van der Waals surface area contributed by atoms with E-state index in [4.69, 9.17) is 20.9 Å². The monoisotopic (exact) mass is 658 g/mol. The maximum atomic E-state index is 15.4. The minimum Gasteiger partial charge on any atom is -0.508 e. The number of hydrogen-bond acceptors (Lipinski definition) is 9. The highest BCUT2D eigenvalue weighted by Crippen LogP contribution is 2.47. The van der Waals surface area contributed by atoms with Crippen molar-refractivity contribution in [3.05, 3.63) is 59.2 Å². The number of aromatic nitrogens is 3. The number of nitrogens with one attached hydrogen (secondary N) is 1. The topological polar surface area (TPSA) is 95.9 Å². The number of aromatic hydroxyl groups is 1. The molecule has 0 atom stereocenters. The van der Waals surface area contributed by atoms with E-state index in [0.29, 0.717) is 56.0 Å². The lowest BCUT2D eigenvalue weighted by molar-refractivity contribution is 0.0231. The van der Waals surface area contributed by atoms with Gasteiger partial charge in [-0.1, -0.05) is 25.0 Å². The summed E-state index contributed by atoms with van der Waals surface area (Å²) < 4.78 is 57.4. The summed E-state index contributed by atoms with van der Waals surface area (Å²) in [5.41, 5.74) is 0.255. The molecule has 4 aromatic rings. The Balaban J connectivity index is 1.37. The number of phenolic OH excluding ortho intramolecular Hbond substituents is 1. The van der Waals surface area contributed by atoms with Crippen LogP contribution in [0.4, 0.5) is 19.0 Å². The third-order valence-corrected chi connectivity index (χ3v) is 9.38. The highest BCUT2D eigenvalue weighted by molar-refractivity contribution is 6.04. The molecule has 7 rings (SSSR count). The molecule has 0 spiro atoms. The molecule has 2 aromatic heterocycles. The number of alkyl halides is 2. The number of rotatable bonds is 9. The minimum absolute atomic E-state index is 0.000446. The SMILES string of the molecule is C#Cc1c(F)ccc2cc(O)cc(-c3ncc4c(N5CCN/C(=C/CC)C5)nc(OCC5(CN6CCOCC6)CC5)nc4c3C(F)F)c12. The van der Waals surface area contributed by atoms with Crippen molar-refractivity contribution in [2.24, 2.45) is 5.41 Å². The lowest BCUT2D eigenvalue weighted by Crippen LogP contribution is -2.42. The molecule has 3 aliphatic rings. The van der Waals surface area contributed by atoms with E-state index in [1.807, 2.05) is 11.8 Å². The predicted octanol–water partition coefficient (Wildman–Crippen LogP) is 5.80. The lowest BCUT2D eigenvalue weighted by atomic mass is 9.94. The number of pyridine rings is 1. The first-order chi connectivity index (χ1) is 23.3. The van der Waals surface area contributed by atoms with E-state index in [1.54, 1.807) is 0 Å². The van der Waals surface area contributed by atoms with Gasteiger partial charge >= 0.3 is 6.01 Å². The van der Waals surface area contributed by atoms with Crippen molar-refractivity contribution in [1.82, 2.24) is 25.2 Å². The lowest BCUT2D eigenvalue weighted by Gasteiger charge is -2.32. The van der Waals surface area contributed by atoms with E-state index < -0.39 is 17.8 Å². The van der Waals surface area contributed by atoms with Gasteiger partial charge in [-0.05, 0) is 42.8 Å². The smallest absolute Gasteiger partial charge is 0.318 e. The van der Waals surface area contributed by atoms with E-state index >= 15 is 8.78 Å². The summed E-state index contributed by atoms with van der Waals surface area (Å²) >= 11 is 0. The molecule has 1 aliphatic carbocycles. The molecule has 0 bridgehead atoms. The van der Waals surface area contributed by atoms with Crippen molar-refractivity contribution in [1.29, 1.82) is 0 Å². The van der Waals surface area contributed by atoms with Crippen LogP contribution in [0.25, 0.3) is 32.9 Å². The van der Waals surface area contributed by atoms with Gasteiger partial charge < -0.3 is 24.8 Å². The molecule has 0 amide bonds. The Labute approximate surface area is 276 Å². The number of phenols is 1. The summed E-state index contributed by atoms with van der Waals surface area (Å²) in [6.45, 7) is 8.07. The van der Waals surface area contributed by atoms with Gasteiger partial charge in [0.25, 0.3) is 6.43 Å². The van der Waals surface area contributed by atoms with Crippen LogP contribution >= 0.6 is 0 Å². The second-order valence-corrected chi connectivity index (χ2v) is 12.7. The summed E-state index contributed by atoms with van der Waals surface area (Å²) in [5.74, 6) is 1.90. The van der Waals surface area contributed by atoms with Crippen LogP contribution in [0, 0.1) is 23.6 Å². The number of hydrogen-bond donors (Lipinski definition) is 2. The first-order valence-corrected chi connectivity index (χ1v) is 16.3. The summed E-state index contributed by atoms with van der Waals surface area (Å²) in [6, 6.07) is 5.32. The minimum atomic E-state index is -3.04. The third-order valence-electron chi connectivity index (χ3n) is 9.38. The fourth-order valence-electron chi connectivity index (χ4n) is 6.78. The van der Waals surface area contributed by atoms with Crippen molar-refractivity contribution >= 4 is 27.5 Å². The Bertz CT molecular complexity index is 1930. The number of morpholine rings is 1. The molecule has 1 saturated carbocycles. The molecule has 3 fully saturated rings. The number of ether oxygens (including phenoxy) is 2. The number of halogens is 3. The zero-order chi connectivity index (χ0) is 33.4. The molecule has 2 aliphatic heterocycles. The van der Waals surface area contributed by atoms with Crippen LogP contribution in [-0.4, -0.2) is 84.0 Å². The Morgan fingerprint density at radius 2 is 2.00 bits per heavy atom. The summed E-state index contributed by atoms with van der Waals surface area (Å²) in [5, 5.41) is 14.9. The fourth-order valence-corrected chi connectivity index (χ4v) is 6.78. The maximum absolute atomic E-state index is 15.4. The third kappa shape index (κ3) is 6.20. The summed E-state index contributed by atoms with van der Waals surface area (Å²) in [7, 11) is 0. The van der Waals surface area contributed by atoms with Gasteiger partial charge in [-0.25, -0.2) is 13.2 Å². The molecule has 0 unspecified atom stereocenters. The van der Waals surface area contributed by atoms with Gasteiger partial charge in [0, 0.05) is 61.0 Å². The molecule has 48 heavy (non-hydrogen) atoms. The molecule has 12 heteroatoms. The standard InChI is InChI=1S/C36H37F3N6O3/c1-3-5-23-19-45(11-10-40-23)34-27-18-41-31(26-17-24(46)16-22-6-7-28(37)25(4-2)29(22)26)30(33(38)39)32(27)42-35(43-34)48-21-36(8-9-36)20-44-12-14-47-15-13-44/h2,5-7,16-18,33,40,46H,3,8-15,19-21H2,1H3/b23-5+. The van der Waals surface area contributed by atoms with Crippen LogP contribution in [0.5, 0.6) is 11.8 Å². The molecule has 4 heterocycles. The van der Waals surface area contributed by atoms with Gasteiger partial charge in [0.2, 0.25) is 0 Å². The predicted molar refractivity (Wildman–Crippen MR) is 178 cm³/mol. The van der Waals surface area contributed by atoms with Crippen LogP contribution in [0.3, 0.4) is 0 Å². The van der Waals surface area contributed by atoms with Gasteiger partial charge in [-0.3, -0.25) is 9.88 Å². The second-order valence-electron chi connectivity index (χ2n) is 12.7. The van der Waals surface area contributed by atoms with Crippen molar-refractivity contribution in [3.63, 3.8) is 0 Å². The molecular formula is C36H37F3N6O3. The van der Waals surface area contributed by atoms with Crippen LogP contribution in [-0.2, 0) is 4.74 Å². The van der Waals surface area contributed by atoms with Crippen LogP contribution < -0.4 is 15.0 Å². The molecular weight excluding hydrogens is 621 g/mol. The number of allylic oxidation sites excluding steroid dienone is 1.